The van der Waals surface area contributed by atoms with Crippen molar-refractivity contribution in [2.24, 2.45) is 0 Å². The summed E-state index contributed by atoms with van der Waals surface area (Å²) in [5.74, 6) is 0.355. The number of rotatable bonds is 6. The van der Waals surface area contributed by atoms with Gasteiger partial charge >= 0.3 is 6.18 Å². The maximum Gasteiger partial charge on any atom is 0.416 e. The fourth-order valence-electron chi connectivity index (χ4n) is 3.78. The SMILES string of the molecule is Cc1ccc(Cl)c(OCn2ccc(C(=O)N3CCN(Cc4cccc(C(F)(F)F)c4)CC3)n2)c1. The van der Waals surface area contributed by atoms with Crippen LogP contribution in [-0.4, -0.2) is 51.7 Å². The number of halogens is 4. The molecule has 0 unspecified atom stereocenters. The Morgan fingerprint density at radius 3 is 2.59 bits per heavy atom. The highest BCUT2D eigenvalue weighted by Crippen LogP contribution is 2.30. The molecule has 2 aromatic carbocycles. The summed E-state index contributed by atoms with van der Waals surface area (Å²) in [5, 5.41) is 4.81. The molecule has 1 saturated heterocycles. The van der Waals surface area contributed by atoms with Gasteiger partial charge in [0.05, 0.1) is 10.6 Å². The number of benzene rings is 2. The minimum atomic E-state index is -4.36. The molecule has 0 N–H and O–H groups in total. The third-order valence-corrected chi connectivity index (χ3v) is 5.93. The topological polar surface area (TPSA) is 50.6 Å². The Balaban J connectivity index is 1.29. The second kappa shape index (κ2) is 10.1. The van der Waals surface area contributed by atoms with Gasteiger partial charge in [-0.05, 0) is 42.3 Å². The van der Waals surface area contributed by atoms with Crippen LogP contribution in [0, 0.1) is 6.92 Å². The van der Waals surface area contributed by atoms with Gasteiger partial charge in [-0.25, -0.2) is 4.68 Å². The van der Waals surface area contributed by atoms with E-state index in [4.69, 9.17) is 16.3 Å². The Morgan fingerprint density at radius 1 is 1.09 bits per heavy atom. The Morgan fingerprint density at radius 2 is 1.85 bits per heavy atom. The van der Waals surface area contributed by atoms with Crippen LogP contribution in [0.25, 0.3) is 0 Å². The summed E-state index contributed by atoms with van der Waals surface area (Å²) >= 11 is 6.14. The van der Waals surface area contributed by atoms with E-state index in [2.05, 4.69) is 5.10 Å². The van der Waals surface area contributed by atoms with Crippen molar-refractivity contribution in [3.8, 4) is 5.75 Å². The first-order valence-electron chi connectivity index (χ1n) is 10.8. The van der Waals surface area contributed by atoms with Crippen LogP contribution in [0.1, 0.15) is 27.2 Å². The van der Waals surface area contributed by atoms with E-state index in [0.717, 1.165) is 11.6 Å². The summed E-state index contributed by atoms with van der Waals surface area (Å²) in [4.78, 5) is 16.6. The summed E-state index contributed by atoms with van der Waals surface area (Å²) < 4.78 is 46.0. The molecule has 4 rings (SSSR count). The van der Waals surface area contributed by atoms with E-state index in [9.17, 15) is 18.0 Å². The van der Waals surface area contributed by atoms with Crippen molar-refractivity contribution in [3.05, 3.63) is 82.1 Å². The molecule has 1 aliphatic heterocycles. The molecule has 6 nitrogen and oxygen atoms in total. The second-order valence-corrected chi connectivity index (χ2v) is 8.62. The van der Waals surface area contributed by atoms with E-state index < -0.39 is 11.7 Å². The van der Waals surface area contributed by atoms with E-state index in [-0.39, 0.29) is 12.6 Å². The predicted molar refractivity (Wildman–Crippen MR) is 122 cm³/mol. The van der Waals surface area contributed by atoms with E-state index in [1.807, 2.05) is 24.0 Å². The zero-order chi connectivity index (χ0) is 24.3. The molecule has 1 amide bonds. The molecule has 34 heavy (non-hydrogen) atoms. The zero-order valence-electron chi connectivity index (χ0n) is 18.6. The van der Waals surface area contributed by atoms with E-state index in [0.29, 0.717) is 54.8 Å². The molecule has 1 aromatic heterocycles. The van der Waals surface area contributed by atoms with Crippen LogP contribution in [0.3, 0.4) is 0 Å². The Hall–Kier alpha value is -3.04. The van der Waals surface area contributed by atoms with Gasteiger partial charge in [-0.3, -0.25) is 9.69 Å². The monoisotopic (exact) mass is 492 g/mol. The summed E-state index contributed by atoms with van der Waals surface area (Å²) in [6.45, 7) is 4.53. The molecule has 1 aliphatic rings. The van der Waals surface area contributed by atoms with Crippen molar-refractivity contribution < 1.29 is 22.7 Å². The number of alkyl halides is 3. The molecular formula is C24H24ClF3N4O2. The van der Waals surface area contributed by atoms with Crippen molar-refractivity contribution in [2.75, 3.05) is 26.2 Å². The zero-order valence-corrected chi connectivity index (χ0v) is 19.3. The van der Waals surface area contributed by atoms with Crippen molar-refractivity contribution >= 4 is 17.5 Å². The Labute approximate surface area is 200 Å². The van der Waals surface area contributed by atoms with Gasteiger partial charge in [0.2, 0.25) is 0 Å². The minimum absolute atomic E-state index is 0.112. The van der Waals surface area contributed by atoms with Gasteiger partial charge < -0.3 is 9.64 Å². The van der Waals surface area contributed by atoms with Gasteiger partial charge in [-0.15, -0.1) is 0 Å². The third-order valence-electron chi connectivity index (χ3n) is 5.62. The molecule has 0 bridgehead atoms. The normalized spacial score (nSPS) is 14.9. The average Bonchev–Trinajstić information content (AvgIpc) is 3.28. The highest BCUT2D eigenvalue weighted by Gasteiger charge is 2.30. The maximum absolute atomic E-state index is 12.9. The molecule has 0 saturated carbocycles. The highest BCUT2D eigenvalue weighted by molar-refractivity contribution is 6.32. The molecular weight excluding hydrogens is 469 g/mol. The van der Waals surface area contributed by atoms with Crippen LogP contribution in [0.15, 0.2) is 54.7 Å². The Kier molecular flexibility index (Phi) is 7.13. The number of aromatic nitrogens is 2. The number of amides is 1. The minimum Gasteiger partial charge on any atom is -0.470 e. The lowest BCUT2D eigenvalue weighted by Gasteiger charge is -2.34. The van der Waals surface area contributed by atoms with Gasteiger partial charge in [-0.1, -0.05) is 35.9 Å². The van der Waals surface area contributed by atoms with Gasteiger partial charge in [0, 0.05) is 38.9 Å². The summed E-state index contributed by atoms with van der Waals surface area (Å²) in [7, 11) is 0. The lowest BCUT2D eigenvalue weighted by Crippen LogP contribution is -2.48. The first kappa shape index (κ1) is 24.1. The fraction of sp³-hybridized carbons (Fsp3) is 0.333. The average molecular weight is 493 g/mol. The third kappa shape index (κ3) is 5.90. The van der Waals surface area contributed by atoms with Crippen molar-refractivity contribution in [1.29, 1.82) is 0 Å². The molecule has 0 atom stereocenters. The molecule has 0 aliphatic carbocycles. The molecule has 0 spiro atoms. The quantitative estimate of drug-likeness (QED) is 0.493. The van der Waals surface area contributed by atoms with Crippen LogP contribution in [0.2, 0.25) is 5.02 Å². The van der Waals surface area contributed by atoms with Crippen LogP contribution in [0.4, 0.5) is 13.2 Å². The molecule has 10 heteroatoms. The van der Waals surface area contributed by atoms with Gasteiger partial charge in [0.1, 0.15) is 5.75 Å². The largest absolute Gasteiger partial charge is 0.470 e. The first-order valence-corrected chi connectivity index (χ1v) is 11.2. The smallest absolute Gasteiger partial charge is 0.416 e. The van der Waals surface area contributed by atoms with Crippen LogP contribution < -0.4 is 4.74 Å². The summed E-state index contributed by atoms with van der Waals surface area (Å²) in [5.41, 5.74) is 1.28. The molecule has 0 radical (unpaired) electrons. The van der Waals surface area contributed by atoms with Crippen LogP contribution >= 0.6 is 11.6 Å². The second-order valence-electron chi connectivity index (χ2n) is 8.21. The van der Waals surface area contributed by atoms with Gasteiger partial charge in [-0.2, -0.15) is 18.3 Å². The number of ether oxygens (including phenoxy) is 1. The van der Waals surface area contributed by atoms with E-state index >= 15 is 0 Å². The first-order chi connectivity index (χ1) is 16.2. The number of hydrogen-bond donors (Lipinski definition) is 0. The lowest BCUT2D eigenvalue weighted by molar-refractivity contribution is -0.137. The van der Waals surface area contributed by atoms with Gasteiger partial charge in [0.15, 0.2) is 12.4 Å². The van der Waals surface area contributed by atoms with E-state index in [1.165, 1.54) is 16.8 Å². The maximum atomic E-state index is 12.9. The van der Waals surface area contributed by atoms with E-state index in [1.54, 1.807) is 29.3 Å². The molecule has 180 valence electrons. The molecule has 1 fully saturated rings. The van der Waals surface area contributed by atoms with Crippen molar-refractivity contribution in [2.45, 2.75) is 26.4 Å². The number of piperazine rings is 1. The Bertz CT molecular complexity index is 1160. The molecule has 3 aromatic rings. The lowest BCUT2D eigenvalue weighted by atomic mass is 10.1. The molecule has 2 heterocycles. The summed E-state index contributed by atoms with van der Waals surface area (Å²) in [6, 6.07) is 12.5. The van der Waals surface area contributed by atoms with Crippen molar-refractivity contribution in [1.82, 2.24) is 19.6 Å². The predicted octanol–water partition coefficient (Wildman–Crippen LogP) is 4.86. The standard InChI is InChI=1S/C24H24ClF3N4O2/c1-17-5-6-20(25)22(13-17)34-16-32-8-7-21(29-32)23(33)31-11-9-30(10-12-31)15-18-3-2-4-19(14-18)24(26,27)28/h2-8,13-14H,9-12,15-16H2,1H3. The van der Waals surface area contributed by atoms with Crippen LogP contribution in [-0.2, 0) is 19.5 Å². The number of hydrogen-bond acceptors (Lipinski definition) is 4. The number of aryl methyl sites for hydroxylation is 1. The highest BCUT2D eigenvalue weighted by atomic mass is 35.5. The number of carbonyl (C=O) groups excluding carboxylic acids is 1. The summed E-state index contributed by atoms with van der Waals surface area (Å²) in [6.07, 6.45) is -2.69. The van der Waals surface area contributed by atoms with Gasteiger partial charge in [0.25, 0.3) is 5.91 Å². The number of carbonyl (C=O) groups is 1. The van der Waals surface area contributed by atoms with Crippen molar-refractivity contribution in [3.63, 3.8) is 0 Å². The van der Waals surface area contributed by atoms with Crippen LogP contribution in [0.5, 0.6) is 5.75 Å². The fourth-order valence-corrected chi connectivity index (χ4v) is 3.95. The number of nitrogens with zero attached hydrogens (tertiary/aromatic N) is 4.